The second-order valence-corrected chi connectivity index (χ2v) is 4.52. The van der Waals surface area contributed by atoms with Crippen LogP contribution >= 0.6 is 27.7 Å². The molecule has 0 N–H and O–H groups in total. The molecule has 1 saturated heterocycles. The Labute approximate surface area is 84.5 Å². The standard InChI is InChI=1S/C8H9BrN2S/c9-8-5-7(1-2-10-8)11-3-4-12-6-11/h1-2,5H,3-4,6H2. The van der Waals surface area contributed by atoms with Crippen LogP contribution in [0.15, 0.2) is 22.9 Å². The molecule has 0 radical (unpaired) electrons. The molecule has 0 spiro atoms. The molecule has 2 rings (SSSR count). The lowest BCUT2D eigenvalue weighted by atomic mass is 10.4. The van der Waals surface area contributed by atoms with Gasteiger partial charge in [-0.05, 0) is 28.1 Å². The van der Waals surface area contributed by atoms with Crippen LogP contribution in [0.4, 0.5) is 5.69 Å². The van der Waals surface area contributed by atoms with Crippen molar-refractivity contribution in [2.24, 2.45) is 0 Å². The van der Waals surface area contributed by atoms with E-state index in [1.54, 1.807) is 0 Å². The van der Waals surface area contributed by atoms with Gasteiger partial charge in [0.15, 0.2) is 0 Å². The van der Waals surface area contributed by atoms with Crippen molar-refractivity contribution in [3.05, 3.63) is 22.9 Å². The second-order valence-electron chi connectivity index (χ2n) is 2.64. The molecule has 0 atom stereocenters. The molecular weight excluding hydrogens is 236 g/mol. The molecule has 4 heteroatoms. The third-order valence-corrected chi connectivity index (χ3v) is 3.23. The molecule has 0 bridgehead atoms. The third kappa shape index (κ3) is 1.75. The van der Waals surface area contributed by atoms with E-state index in [9.17, 15) is 0 Å². The molecule has 1 aromatic rings. The number of aromatic nitrogens is 1. The van der Waals surface area contributed by atoms with Crippen LogP contribution in [-0.4, -0.2) is 23.2 Å². The Kier molecular flexibility index (Phi) is 2.56. The highest BCUT2D eigenvalue weighted by atomic mass is 79.9. The number of hydrogen-bond donors (Lipinski definition) is 0. The van der Waals surface area contributed by atoms with Gasteiger partial charge in [0.1, 0.15) is 4.60 Å². The van der Waals surface area contributed by atoms with E-state index in [-0.39, 0.29) is 0 Å². The molecule has 0 unspecified atom stereocenters. The van der Waals surface area contributed by atoms with Crippen molar-refractivity contribution in [3.63, 3.8) is 0 Å². The van der Waals surface area contributed by atoms with Gasteiger partial charge in [-0.1, -0.05) is 0 Å². The van der Waals surface area contributed by atoms with Crippen LogP contribution in [0.5, 0.6) is 0 Å². The van der Waals surface area contributed by atoms with Crippen LogP contribution in [0.25, 0.3) is 0 Å². The minimum atomic E-state index is 0.914. The molecule has 12 heavy (non-hydrogen) atoms. The largest absolute Gasteiger partial charge is 0.361 e. The first-order valence-corrected chi connectivity index (χ1v) is 5.75. The van der Waals surface area contributed by atoms with E-state index in [0.29, 0.717) is 0 Å². The van der Waals surface area contributed by atoms with E-state index in [1.165, 1.54) is 11.4 Å². The van der Waals surface area contributed by atoms with Crippen molar-refractivity contribution >= 4 is 33.4 Å². The maximum absolute atomic E-state index is 4.09. The van der Waals surface area contributed by atoms with E-state index in [4.69, 9.17) is 0 Å². The van der Waals surface area contributed by atoms with Crippen LogP contribution in [0.2, 0.25) is 0 Å². The van der Waals surface area contributed by atoms with Crippen molar-refractivity contribution in [3.8, 4) is 0 Å². The molecule has 0 saturated carbocycles. The van der Waals surface area contributed by atoms with Crippen LogP contribution in [-0.2, 0) is 0 Å². The third-order valence-electron chi connectivity index (χ3n) is 1.83. The molecule has 1 aromatic heterocycles. The number of anilines is 1. The first kappa shape index (κ1) is 8.38. The number of hydrogen-bond acceptors (Lipinski definition) is 3. The van der Waals surface area contributed by atoms with Gasteiger partial charge in [-0.3, -0.25) is 0 Å². The minimum Gasteiger partial charge on any atom is -0.361 e. The highest BCUT2D eigenvalue weighted by molar-refractivity contribution is 9.10. The van der Waals surface area contributed by atoms with Gasteiger partial charge in [0.2, 0.25) is 0 Å². The summed E-state index contributed by atoms with van der Waals surface area (Å²) in [6.07, 6.45) is 1.84. The van der Waals surface area contributed by atoms with Crippen LogP contribution in [0.3, 0.4) is 0 Å². The van der Waals surface area contributed by atoms with Crippen molar-refractivity contribution in [1.29, 1.82) is 0 Å². The Morgan fingerprint density at radius 1 is 1.58 bits per heavy atom. The summed E-state index contributed by atoms with van der Waals surface area (Å²) in [6.45, 7) is 1.15. The number of rotatable bonds is 1. The van der Waals surface area contributed by atoms with Gasteiger partial charge in [0.25, 0.3) is 0 Å². The normalized spacial score (nSPS) is 16.9. The lowest BCUT2D eigenvalue weighted by Gasteiger charge is -2.15. The quantitative estimate of drug-likeness (QED) is 0.706. The summed E-state index contributed by atoms with van der Waals surface area (Å²) >= 11 is 5.34. The molecule has 1 aliphatic heterocycles. The Bertz CT molecular complexity index is 274. The fourth-order valence-electron chi connectivity index (χ4n) is 1.21. The molecule has 2 nitrogen and oxygen atoms in total. The molecular formula is C8H9BrN2S. The van der Waals surface area contributed by atoms with E-state index >= 15 is 0 Å². The van der Waals surface area contributed by atoms with Crippen LogP contribution < -0.4 is 4.90 Å². The highest BCUT2D eigenvalue weighted by Crippen LogP contribution is 2.23. The number of halogens is 1. The van der Waals surface area contributed by atoms with Crippen molar-refractivity contribution in [1.82, 2.24) is 4.98 Å². The Morgan fingerprint density at radius 3 is 3.17 bits per heavy atom. The smallest absolute Gasteiger partial charge is 0.108 e. The molecule has 1 fully saturated rings. The predicted octanol–water partition coefficient (Wildman–Crippen LogP) is 2.35. The molecule has 0 aromatic carbocycles. The summed E-state index contributed by atoms with van der Waals surface area (Å²) in [7, 11) is 0. The summed E-state index contributed by atoms with van der Waals surface area (Å²) in [5.41, 5.74) is 1.27. The van der Waals surface area contributed by atoms with Gasteiger partial charge < -0.3 is 4.90 Å². The lowest BCUT2D eigenvalue weighted by Crippen LogP contribution is -2.17. The molecule has 2 heterocycles. The Hall–Kier alpha value is -0.220. The second kappa shape index (κ2) is 3.66. The zero-order valence-electron chi connectivity index (χ0n) is 6.53. The fourth-order valence-corrected chi connectivity index (χ4v) is 2.54. The van der Waals surface area contributed by atoms with Gasteiger partial charge in [0.05, 0.1) is 5.88 Å². The van der Waals surface area contributed by atoms with Crippen molar-refractivity contribution in [2.45, 2.75) is 0 Å². The van der Waals surface area contributed by atoms with Crippen molar-refractivity contribution < 1.29 is 0 Å². The van der Waals surface area contributed by atoms with E-state index in [0.717, 1.165) is 17.0 Å². The number of thioether (sulfide) groups is 1. The summed E-state index contributed by atoms with van der Waals surface area (Å²) < 4.78 is 0.914. The molecule has 0 amide bonds. The van der Waals surface area contributed by atoms with E-state index < -0.39 is 0 Å². The Balaban J connectivity index is 2.21. The van der Waals surface area contributed by atoms with Crippen LogP contribution in [0.1, 0.15) is 0 Å². The average molecular weight is 245 g/mol. The molecule has 1 aliphatic rings. The summed E-state index contributed by atoms with van der Waals surface area (Å²) in [6, 6.07) is 4.11. The van der Waals surface area contributed by atoms with Gasteiger partial charge in [0, 0.05) is 24.2 Å². The van der Waals surface area contributed by atoms with E-state index in [1.807, 2.05) is 18.0 Å². The summed E-state index contributed by atoms with van der Waals surface area (Å²) in [5.74, 6) is 2.34. The first-order chi connectivity index (χ1) is 5.86. The van der Waals surface area contributed by atoms with E-state index in [2.05, 4.69) is 37.9 Å². The lowest BCUT2D eigenvalue weighted by molar-refractivity contribution is 0.988. The zero-order chi connectivity index (χ0) is 8.39. The molecule has 0 aliphatic carbocycles. The molecule has 64 valence electrons. The predicted molar refractivity (Wildman–Crippen MR) is 56.6 cm³/mol. The number of nitrogens with zero attached hydrogens (tertiary/aromatic N) is 2. The maximum Gasteiger partial charge on any atom is 0.108 e. The van der Waals surface area contributed by atoms with Gasteiger partial charge in [-0.2, -0.15) is 0 Å². The minimum absolute atomic E-state index is 0.914. The summed E-state index contributed by atoms with van der Waals surface area (Å²) in [5, 5.41) is 0. The monoisotopic (exact) mass is 244 g/mol. The fraction of sp³-hybridized carbons (Fsp3) is 0.375. The van der Waals surface area contributed by atoms with Crippen LogP contribution in [0, 0.1) is 0 Å². The highest BCUT2D eigenvalue weighted by Gasteiger charge is 2.12. The van der Waals surface area contributed by atoms with Gasteiger partial charge in [-0.25, -0.2) is 4.98 Å². The number of pyridine rings is 1. The van der Waals surface area contributed by atoms with Crippen molar-refractivity contribution in [2.75, 3.05) is 23.1 Å². The van der Waals surface area contributed by atoms with Gasteiger partial charge >= 0.3 is 0 Å². The zero-order valence-corrected chi connectivity index (χ0v) is 8.94. The first-order valence-electron chi connectivity index (χ1n) is 3.80. The maximum atomic E-state index is 4.09. The SMILES string of the molecule is Brc1cc(N2CCSC2)ccn1. The average Bonchev–Trinajstić information content (AvgIpc) is 2.56. The summed E-state index contributed by atoms with van der Waals surface area (Å²) in [4.78, 5) is 6.45. The Morgan fingerprint density at radius 2 is 2.50 bits per heavy atom. The topological polar surface area (TPSA) is 16.1 Å². The van der Waals surface area contributed by atoms with Gasteiger partial charge in [-0.15, -0.1) is 11.8 Å².